The van der Waals surface area contributed by atoms with E-state index >= 15 is 0 Å². The zero-order valence-corrected chi connectivity index (χ0v) is 24.6. The number of thiazole rings is 1. The maximum atomic E-state index is 13.7. The van der Waals surface area contributed by atoms with Crippen LogP contribution in [-0.2, 0) is 10.0 Å². The van der Waals surface area contributed by atoms with Crippen molar-refractivity contribution in [2.75, 3.05) is 52.0 Å². The Morgan fingerprint density at radius 3 is 2.21 bits per heavy atom. The normalized spacial score (nSPS) is 12.8. The third-order valence-corrected chi connectivity index (χ3v) is 8.97. The third-order valence-electron chi connectivity index (χ3n) is 6.02. The highest BCUT2D eigenvalue weighted by molar-refractivity contribution is 7.89. The number of fused-ring (bicyclic) bond motifs is 2. The van der Waals surface area contributed by atoms with Crippen LogP contribution in [0.5, 0.6) is 11.5 Å². The lowest BCUT2D eigenvalue weighted by Gasteiger charge is -2.22. The number of hydrogen-bond donors (Lipinski definition) is 0. The van der Waals surface area contributed by atoms with E-state index in [-0.39, 0.29) is 30.0 Å². The van der Waals surface area contributed by atoms with Gasteiger partial charge in [0.15, 0.2) is 16.6 Å². The van der Waals surface area contributed by atoms with E-state index < -0.39 is 10.0 Å². The molecule has 1 aliphatic rings. The molecule has 0 aliphatic carbocycles. The molecule has 0 saturated carbocycles. The average Bonchev–Trinajstić information content (AvgIpc) is 3.50. The lowest BCUT2D eigenvalue weighted by atomic mass is 10.2. The van der Waals surface area contributed by atoms with Crippen LogP contribution in [0.15, 0.2) is 41.3 Å². The quantitative estimate of drug-likeness (QED) is 0.301. The number of carbonyl (C=O) groups excluding carboxylic acids is 1. The van der Waals surface area contributed by atoms with E-state index in [1.165, 1.54) is 27.8 Å². The van der Waals surface area contributed by atoms with E-state index in [1.807, 2.05) is 40.1 Å². The number of amides is 1. The molecule has 0 atom stereocenters. The summed E-state index contributed by atoms with van der Waals surface area (Å²) in [6, 6.07) is 9.95. The van der Waals surface area contributed by atoms with Crippen LogP contribution >= 0.6 is 23.7 Å². The SMILES string of the molecule is CCCN(CCC)S(=O)(=O)c1ccc(C(=O)N(CCCN(C)C)c2nc3cc4c(cc3s2)OCO4)cc1.Cl. The van der Waals surface area contributed by atoms with Gasteiger partial charge in [-0.15, -0.1) is 12.4 Å². The summed E-state index contributed by atoms with van der Waals surface area (Å²) in [4.78, 5) is 22.3. The molecule has 1 aromatic heterocycles. The molecule has 2 heterocycles. The van der Waals surface area contributed by atoms with E-state index in [0.29, 0.717) is 41.8 Å². The van der Waals surface area contributed by atoms with Gasteiger partial charge in [0, 0.05) is 37.3 Å². The van der Waals surface area contributed by atoms with Gasteiger partial charge in [-0.3, -0.25) is 9.69 Å². The second-order valence-corrected chi connectivity index (χ2v) is 12.2. The lowest BCUT2D eigenvalue weighted by molar-refractivity contribution is 0.0986. The number of halogens is 1. The highest BCUT2D eigenvalue weighted by Crippen LogP contribution is 2.40. The molecule has 0 fully saturated rings. The van der Waals surface area contributed by atoms with Crippen LogP contribution in [0.1, 0.15) is 43.5 Å². The van der Waals surface area contributed by atoms with Gasteiger partial charge in [-0.2, -0.15) is 4.31 Å². The van der Waals surface area contributed by atoms with Gasteiger partial charge in [0.1, 0.15) is 0 Å². The van der Waals surface area contributed by atoms with Crippen molar-refractivity contribution in [3.8, 4) is 11.5 Å². The first-order valence-corrected chi connectivity index (χ1v) is 14.8. The van der Waals surface area contributed by atoms with Gasteiger partial charge in [-0.05, 0) is 64.2 Å². The molecule has 1 aliphatic heterocycles. The maximum absolute atomic E-state index is 13.7. The van der Waals surface area contributed by atoms with Crippen molar-refractivity contribution < 1.29 is 22.7 Å². The summed E-state index contributed by atoms with van der Waals surface area (Å²) in [7, 11) is 0.364. The number of aromatic nitrogens is 1. The molecule has 9 nitrogen and oxygen atoms in total. The summed E-state index contributed by atoms with van der Waals surface area (Å²) in [6.45, 7) is 6.33. The zero-order chi connectivity index (χ0) is 26.6. The number of anilines is 1. The molecule has 0 bridgehead atoms. The Labute approximate surface area is 234 Å². The van der Waals surface area contributed by atoms with Crippen molar-refractivity contribution in [1.29, 1.82) is 0 Å². The van der Waals surface area contributed by atoms with Crippen LogP contribution in [0.25, 0.3) is 10.2 Å². The van der Waals surface area contributed by atoms with Crippen molar-refractivity contribution in [3.05, 3.63) is 42.0 Å². The predicted octanol–water partition coefficient (Wildman–Crippen LogP) is 4.86. The van der Waals surface area contributed by atoms with Crippen LogP contribution in [0.4, 0.5) is 5.13 Å². The van der Waals surface area contributed by atoms with Crippen molar-refractivity contribution >= 4 is 55.0 Å². The lowest BCUT2D eigenvalue weighted by Crippen LogP contribution is -2.34. The second-order valence-electron chi connectivity index (χ2n) is 9.21. The highest BCUT2D eigenvalue weighted by atomic mass is 35.5. The second kappa shape index (κ2) is 13.1. The molecular weight excluding hydrogens is 548 g/mol. The van der Waals surface area contributed by atoms with E-state index in [4.69, 9.17) is 14.5 Å². The van der Waals surface area contributed by atoms with Crippen LogP contribution in [-0.4, -0.2) is 75.6 Å². The number of sulfonamides is 1. The van der Waals surface area contributed by atoms with Gasteiger partial charge >= 0.3 is 0 Å². The minimum Gasteiger partial charge on any atom is -0.454 e. The first-order valence-electron chi connectivity index (χ1n) is 12.5. The summed E-state index contributed by atoms with van der Waals surface area (Å²) in [5, 5.41) is 0.580. The fourth-order valence-electron chi connectivity index (χ4n) is 4.18. The fraction of sp³-hybridized carbons (Fsp3) is 0.462. The molecule has 0 unspecified atom stereocenters. The van der Waals surface area contributed by atoms with Crippen LogP contribution in [0.3, 0.4) is 0 Å². The molecule has 2 aromatic carbocycles. The van der Waals surface area contributed by atoms with E-state index in [0.717, 1.165) is 36.0 Å². The Kier molecular flexibility index (Phi) is 10.4. The Balaban J connectivity index is 0.00000400. The van der Waals surface area contributed by atoms with Crippen LogP contribution in [0.2, 0.25) is 0 Å². The Morgan fingerprint density at radius 1 is 0.974 bits per heavy atom. The van der Waals surface area contributed by atoms with E-state index in [2.05, 4.69) is 4.90 Å². The number of hydrogen-bond acceptors (Lipinski definition) is 8. The van der Waals surface area contributed by atoms with Gasteiger partial charge in [0.25, 0.3) is 5.91 Å². The monoisotopic (exact) mass is 582 g/mol. The summed E-state index contributed by atoms with van der Waals surface area (Å²) in [6.07, 6.45) is 2.23. The molecule has 0 N–H and O–H groups in total. The number of benzene rings is 2. The molecule has 0 spiro atoms. The van der Waals surface area contributed by atoms with Gasteiger partial charge in [0.05, 0.1) is 15.1 Å². The fourth-order valence-corrected chi connectivity index (χ4v) is 6.80. The largest absolute Gasteiger partial charge is 0.454 e. The van der Waals surface area contributed by atoms with Crippen molar-refractivity contribution in [3.63, 3.8) is 0 Å². The van der Waals surface area contributed by atoms with Crippen LogP contribution in [0, 0.1) is 0 Å². The molecule has 208 valence electrons. The number of carbonyl (C=O) groups is 1. The van der Waals surface area contributed by atoms with Gasteiger partial charge in [-0.25, -0.2) is 13.4 Å². The molecule has 12 heteroatoms. The molecule has 4 rings (SSSR count). The first kappa shape index (κ1) is 30.1. The Bertz CT molecular complexity index is 1300. The summed E-state index contributed by atoms with van der Waals surface area (Å²) in [5.41, 5.74) is 1.15. The molecule has 38 heavy (non-hydrogen) atoms. The van der Waals surface area contributed by atoms with Gasteiger partial charge in [-0.1, -0.05) is 25.2 Å². The summed E-state index contributed by atoms with van der Waals surface area (Å²) < 4.78 is 39.6. The molecule has 1 amide bonds. The smallest absolute Gasteiger partial charge is 0.260 e. The minimum atomic E-state index is -3.62. The number of rotatable bonds is 12. The zero-order valence-electron chi connectivity index (χ0n) is 22.2. The minimum absolute atomic E-state index is 0. The average molecular weight is 583 g/mol. The van der Waals surface area contributed by atoms with E-state index in [1.54, 1.807) is 17.0 Å². The number of ether oxygens (including phenoxy) is 2. The predicted molar refractivity (Wildman–Crippen MR) is 154 cm³/mol. The van der Waals surface area contributed by atoms with E-state index in [9.17, 15) is 13.2 Å². The van der Waals surface area contributed by atoms with Crippen molar-refractivity contribution in [2.45, 2.75) is 38.0 Å². The number of nitrogens with zero attached hydrogens (tertiary/aromatic N) is 4. The van der Waals surface area contributed by atoms with Crippen molar-refractivity contribution in [2.24, 2.45) is 0 Å². The van der Waals surface area contributed by atoms with Crippen molar-refractivity contribution in [1.82, 2.24) is 14.2 Å². The first-order chi connectivity index (χ1) is 17.7. The molecule has 3 aromatic rings. The molecule has 0 saturated heterocycles. The summed E-state index contributed by atoms with van der Waals surface area (Å²) >= 11 is 1.42. The maximum Gasteiger partial charge on any atom is 0.260 e. The molecule has 0 radical (unpaired) electrons. The van der Waals surface area contributed by atoms with Gasteiger partial charge < -0.3 is 14.4 Å². The highest BCUT2D eigenvalue weighted by Gasteiger charge is 2.26. The standard InChI is InChI=1S/C26H34N4O5S2.ClH/c1-5-12-29(13-6-2)37(32,33)20-10-8-19(9-11-20)25(31)30(15-7-14-28(3)4)26-27-21-16-22-23(35-18-34-22)17-24(21)36-26;/h8-11,16-17H,5-7,12-15,18H2,1-4H3;1H. The molecular formula is C26H35ClN4O5S2. The Morgan fingerprint density at radius 2 is 1.61 bits per heavy atom. The van der Waals surface area contributed by atoms with Gasteiger partial charge in [0.2, 0.25) is 16.8 Å². The topological polar surface area (TPSA) is 92.3 Å². The summed E-state index contributed by atoms with van der Waals surface area (Å²) in [5.74, 6) is 1.10. The Hall–Kier alpha value is -2.44. The van der Waals surface area contributed by atoms with Crippen LogP contribution < -0.4 is 14.4 Å². The third kappa shape index (κ3) is 6.58.